The van der Waals surface area contributed by atoms with Gasteiger partial charge in [-0.1, -0.05) is 55.8 Å². The van der Waals surface area contributed by atoms with Crippen molar-refractivity contribution in [3.8, 4) is 17.1 Å². The largest absolute Gasteiger partial charge is 0.463 e. The van der Waals surface area contributed by atoms with Gasteiger partial charge in [-0.2, -0.15) is 0 Å². The number of ether oxygens (including phenoxy) is 2. The van der Waals surface area contributed by atoms with Crippen molar-refractivity contribution < 1.29 is 19.1 Å². The molecule has 0 aliphatic rings. The highest BCUT2D eigenvalue weighted by Gasteiger charge is 2.07. The van der Waals surface area contributed by atoms with Gasteiger partial charge in [0.2, 0.25) is 0 Å². The molecule has 1 aromatic carbocycles. The Morgan fingerprint density at radius 3 is 2.44 bits per heavy atom. The SMILES string of the molecule is CCC/C=C/C=C/C(=O)Oc1cnc(-c2ccc(CCCCC(C)OC(C)=O)cc2)nc1. The molecular weight excluding hydrogens is 404 g/mol. The van der Waals surface area contributed by atoms with Crippen molar-refractivity contribution in [3.05, 3.63) is 66.5 Å². The molecule has 6 heteroatoms. The summed E-state index contributed by atoms with van der Waals surface area (Å²) in [6, 6.07) is 8.12. The van der Waals surface area contributed by atoms with Crippen LogP contribution in [0.25, 0.3) is 11.4 Å². The highest BCUT2D eigenvalue weighted by atomic mass is 16.5. The van der Waals surface area contributed by atoms with Crippen LogP contribution in [0.1, 0.15) is 58.4 Å². The summed E-state index contributed by atoms with van der Waals surface area (Å²) in [6.07, 6.45) is 15.7. The fourth-order valence-electron chi connectivity index (χ4n) is 3.07. The first-order chi connectivity index (χ1) is 15.5. The molecule has 0 aliphatic heterocycles. The van der Waals surface area contributed by atoms with Gasteiger partial charge < -0.3 is 9.47 Å². The van der Waals surface area contributed by atoms with Gasteiger partial charge in [-0.05, 0) is 44.6 Å². The van der Waals surface area contributed by atoms with E-state index in [0.717, 1.165) is 44.1 Å². The van der Waals surface area contributed by atoms with Crippen LogP contribution in [0.4, 0.5) is 0 Å². The zero-order valence-electron chi connectivity index (χ0n) is 19.1. The number of unbranched alkanes of at least 4 members (excludes halogenated alkanes) is 2. The number of aryl methyl sites for hydroxylation is 1. The number of carbonyl (C=O) groups is 2. The van der Waals surface area contributed by atoms with E-state index in [2.05, 4.69) is 29.0 Å². The molecule has 2 aromatic rings. The normalized spacial score (nSPS) is 12.2. The predicted molar refractivity (Wildman–Crippen MR) is 125 cm³/mol. The predicted octanol–water partition coefficient (Wildman–Crippen LogP) is 5.63. The lowest BCUT2D eigenvalue weighted by Gasteiger charge is -2.11. The van der Waals surface area contributed by atoms with Crippen LogP contribution in [0.5, 0.6) is 5.75 Å². The van der Waals surface area contributed by atoms with Crippen LogP contribution in [0, 0.1) is 0 Å². The Kier molecular flexibility index (Phi) is 10.9. The third-order valence-corrected chi connectivity index (χ3v) is 4.69. The number of hydrogen-bond donors (Lipinski definition) is 0. The molecule has 0 saturated carbocycles. The van der Waals surface area contributed by atoms with Gasteiger partial charge in [0.1, 0.15) is 0 Å². The summed E-state index contributed by atoms with van der Waals surface area (Å²) in [6.45, 7) is 5.46. The first kappa shape index (κ1) is 25.0. The average molecular weight is 437 g/mol. The highest BCUT2D eigenvalue weighted by molar-refractivity contribution is 5.84. The van der Waals surface area contributed by atoms with Crippen LogP contribution in [-0.4, -0.2) is 28.0 Å². The van der Waals surface area contributed by atoms with Crippen molar-refractivity contribution >= 4 is 11.9 Å². The molecule has 1 aromatic heterocycles. The molecule has 0 saturated heterocycles. The molecule has 6 nitrogen and oxygen atoms in total. The molecule has 0 spiro atoms. The van der Waals surface area contributed by atoms with Crippen LogP contribution in [0.3, 0.4) is 0 Å². The van der Waals surface area contributed by atoms with Gasteiger partial charge in [-0.3, -0.25) is 4.79 Å². The van der Waals surface area contributed by atoms with Gasteiger partial charge in [0.25, 0.3) is 0 Å². The monoisotopic (exact) mass is 436 g/mol. The second-order valence-corrected chi connectivity index (χ2v) is 7.60. The molecule has 1 unspecified atom stereocenters. The van der Waals surface area contributed by atoms with Gasteiger partial charge in [0, 0.05) is 18.6 Å². The number of aromatic nitrogens is 2. The first-order valence-electron chi connectivity index (χ1n) is 11.1. The van der Waals surface area contributed by atoms with Gasteiger partial charge in [-0.25, -0.2) is 14.8 Å². The number of esters is 2. The minimum absolute atomic E-state index is 0.0343. The van der Waals surface area contributed by atoms with Crippen molar-refractivity contribution in [2.45, 2.75) is 65.4 Å². The molecule has 0 radical (unpaired) electrons. The summed E-state index contributed by atoms with van der Waals surface area (Å²) in [4.78, 5) is 31.3. The van der Waals surface area contributed by atoms with E-state index in [4.69, 9.17) is 9.47 Å². The van der Waals surface area contributed by atoms with Crippen molar-refractivity contribution in [2.75, 3.05) is 0 Å². The molecular formula is C26H32N2O4. The zero-order chi connectivity index (χ0) is 23.2. The van der Waals surface area contributed by atoms with E-state index < -0.39 is 5.97 Å². The van der Waals surface area contributed by atoms with Gasteiger partial charge in [0.15, 0.2) is 11.6 Å². The molecule has 32 heavy (non-hydrogen) atoms. The standard InChI is InChI=1S/C26H32N2O4/c1-4-5-6-7-8-13-25(30)32-24-18-27-26(28-19-24)23-16-14-22(15-17-23)12-10-9-11-20(2)31-21(3)29/h6-8,13-20H,4-5,9-12H2,1-3H3/b7-6+,13-8+. The molecule has 2 rings (SSSR count). The lowest BCUT2D eigenvalue weighted by molar-refractivity contribution is -0.145. The molecule has 170 valence electrons. The maximum absolute atomic E-state index is 11.8. The molecule has 1 heterocycles. The van der Waals surface area contributed by atoms with Crippen molar-refractivity contribution in [2.24, 2.45) is 0 Å². The average Bonchev–Trinajstić information content (AvgIpc) is 2.77. The van der Waals surface area contributed by atoms with Gasteiger partial charge in [-0.15, -0.1) is 0 Å². The zero-order valence-corrected chi connectivity index (χ0v) is 19.1. The van der Waals surface area contributed by atoms with E-state index in [1.165, 1.54) is 31.0 Å². The number of rotatable bonds is 12. The van der Waals surface area contributed by atoms with Crippen molar-refractivity contribution in [1.82, 2.24) is 9.97 Å². The molecule has 0 amide bonds. The van der Waals surface area contributed by atoms with E-state index in [1.54, 1.807) is 6.08 Å². The molecule has 0 aliphatic carbocycles. The molecule has 0 N–H and O–H groups in total. The molecule has 0 fully saturated rings. The van der Waals surface area contributed by atoms with E-state index in [0.29, 0.717) is 11.6 Å². The number of hydrogen-bond acceptors (Lipinski definition) is 6. The minimum atomic E-state index is -0.464. The summed E-state index contributed by atoms with van der Waals surface area (Å²) >= 11 is 0. The van der Waals surface area contributed by atoms with Crippen molar-refractivity contribution in [1.29, 1.82) is 0 Å². The number of benzene rings is 1. The minimum Gasteiger partial charge on any atom is -0.463 e. The number of nitrogens with zero attached hydrogens (tertiary/aromatic N) is 2. The maximum Gasteiger partial charge on any atom is 0.336 e. The Morgan fingerprint density at radius 2 is 1.78 bits per heavy atom. The van der Waals surface area contributed by atoms with Gasteiger partial charge in [0.05, 0.1) is 18.5 Å². The highest BCUT2D eigenvalue weighted by Crippen LogP contribution is 2.19. The van der Waals surface area contributed by atoms with Crippen LogP contribution < -0.4 is 4.74 Å². The van der Waals surface area contributed by atoms with E-state index >= 15 is 0 Å². The van der Waals surface area contributed by atoms with Crippen LogP contribution in [-0.2, 0) is 20.7 Å². The lowest BCUT2D eigenvalue weighted by atomic mass is 10.0. The fraction of sp³-hybridized carbons (Fsp3) is 0.385. The maximum atomic E-state index is 11.8. The molecule has 1 atom stereocenters. The fourth-order valence-corrected chi connectivity index (χ4v) is 3.07. The Labute approximate surface area is 190 Å². The molecule has 0 bridgehead atoms. The summed E-state index contributed by atoms with van der Waals surface area (Å²) in [5.74, 6) is 0.188. The van der Waals surface area contributed by atoms with E-state index in [9.17, 15) is 9.59 Å². The second-order valence-electron chi connectivity index (χ2n) is 7.60. The quantitative estimate of drug-likeness (QED) is 0.186. The van der Waals surface area contributed by atoms with Crippen molar-refractivity contribution in [3.63, 3.8) is 0 Å². The van der Waals surface area contributed by atoms with Gasteiger partial charge >= 0.3 is 11.9 Å². The van der Waals surface area contributed by atoms with Crippen LogP contribution in [0.2, 0.25) is 0 Å². The lowest BCUT2D eigenvalue weighted by Crippen LogP contribution is -2.11. The second kappa shape index (κ2) is 13.9. The van der Waals surface area contributed by atoms with Crippen LogP contribution >= 0.6 is 0 Å². The Hall–Kier alpha value is -3.28. The third-order valence-electron chi connectivity index (χ3n) is 4.69. The third kappa shape index (κ3) is 9.69. The Morgan fingerprint density at radius 1 is 1.06 bits per heavy atom. The Balaban J connectivity index is 1.80. The number of allylic oxidation sites excluding steroid dienone is 3. The van der Waals surface area contributed by atoms with E-state index in [1.807, 2.05) is 31.2 Å². The van der Waals surface area contributed by atoms with E-state index in [-0.39, 0.29) is 12.1 Å². The Bertz CT molecular complexity index is 902. The first-order valence-corrected chi connectivity index (χ1v) is 11.1. The summed E-state index contributed by atoms with van der Waals surface area (Å²) in [5, 5.41) is 0. The number of carbonyl (C=O) groups excluding carboxylic acids is 2. The summed E-state index contributed by atoms with van der Waals surface area (Å²) in [7, 11) is 0. The topological polar surface area (TPSA) is 78.4 Å². The smallest absolute Gasteiger partial charge is 0.336 e. The summed E-state index contributed by atoms with van der Waals surface area (Å²) in [5.41, 5.74) is 2.13. The van der Waals surface area contributed by atoms with Crippen LogP contribution in [0.15, 0.2) is 61.0 Å². The summed E-state index contributed by atoms with van der Waals surface area (Å²) < 4.78 is 10.4.